The Hall–Kier alpha value is -1.48. The van der Waals surface area contributed by atoms with Gasteiger partial charge in [0.2, 0.25) is 0 Å². The van der Waals surface area contributed by atoms with Gasteiger partial charge in [-0.15, -0.1) is 0 Å². The lowest BCUT2D eigenvalue weighted by atomic mass is 10.2. The molecule has 0 aliphatic carbocycles. The molecule has 2 aromatic carbocycles. The smallest absolute Gasteiger partial charge is 0.141 e. The van der Waals surface area contributed by atoms with Crippen LogP contribution in [0.15, 0.2) is 46.9 Å². The van der Waals surface area contributed by atoms with E-state index in [0.717, 1.165) is 16.0 Å². The number of hydrogen-bond acceptors (Lipinski definition) is 2. The minimum atomic E-state index is 0.711. The molecule has 0 aliphatic heterocycles. The number of halogens is 1. The molecule has 0 amide bonds. The topological polar surface area (TPSA) is 35.2 Å². The maximum absolute atomic E-state index is 5.72. The van der Waals surface area contributed by atoms with Gasteiger partial charge in [0.1, 0.15) is 11.5 Å². The van der Waals surface area contributed by atoms with E-state index in [2.05, 4.69) is 15.9 Å². The molecular formula is C13H12BrNO. The Balaban J connectivity index is 2.23. The Morgan fingerprint density at radius 2 is 1.75 bits per heavy atom. The van der Waals surface area contributed by atoms with E-state index in [0.29, 0.717) is 5.69 Å². The molecular weight excluding hydrogens is 266 g/mol. The van der Waals surface area contributed by atoms with E-state index in [9.17, 15) is 0 Å². The summed E-state index contributed by atoms with van der Waals surface area (Å²) in [4.78, 5) is 0. The number of rotatable bonds is 2. The molecule has 3 heteroatoms. The van der Waals surface area contributed by atoms with Crippen LogP contribution < -0.4 is 10.5 Å². The molecule has 2 N–H and O–H groups in total. The lowest BCUT2D eigenvalue weighted by molar-refractivity contribution is 0.479. The van der Waals surface area contributed by atoms with Gasteiger partial charge in [0.15, 0.2) is 0 Å². The van der Waals surface area contributed by atoms with Gasteiger partial charge in [-0.3, -0.25) is 0 Å². The third-order valence-corrected chi connectivity index (χ3v) is 2.82. The maximum atomic E-state index is 5.72. The first kappa shape index (κ1) is 11.0. The van der Waals surface area contributed by atoms with Crippen molar-refractivity contribution in [2.75, 3.05) is 5.73 Å². The monoisotopic (exact) mass is 277 g/mol. The van der Waals surface area contributed by atoms with E-state index in [-0.39, 0.29) is 0 Å². The molecule has 0 bridgehead atoms. The van der Waals surface area contributed by atoms with Crippen LogP contribution in [-0.2, 0) is 0 Å². The molecule has 0 heterocycles. The second-order valence-corrected chi connectivity index (χ2v) is 4.46. The Labute approximate surface area is 103 Å². The van der Waals surface area contributed by atoms with Gasteiger partial charge in [-0.05, 0) is 53.2 Å². The van der Waals surface area contributed by atoms with Crippen molar-refractivity contribution in [2.45, 2.75) is 6.92 Å². The molecule has 0 aliphatic rings. The molecule has 82 valence electrons. The molecule has 0 aromatic heterocycles. The molecule has 0 radical (unpaired) electrons. The predicted octanol–water partition coefficient (Wildman–Crippen LogP) is 4.13. The van der Waals surface area contributed by atoms with Crippen molar-refractivity contribution >= 4 is 21.6 Å². The number of benzene rings is 2. The van der Waals surface area contributed by atoms with Crippen LogP contribution in [0.2, 0.25) is 0 Å². The third kappa shape index (κ3) is 2.55. The van der Waals surface area contributed by atoms with Crippen molar-refractivity contribution in [1.29, 1.82) is 0 Å². The first-order chi connectivity index (χ1) is 7.65. The van der Waals surface area contributed by atoms with Crippen LogP contribution in [0.25, 0.3) is 0 Å². The number of nitrogens with two attached hydrogens (primary N) is 1. The molecule has 2 nitrogen and oxygen atoms in total. The number of ether oxygens (including phenoxy) is 1. The predicted molar refractivity (Wildman–Crippen MR) is 69.8 cm³/mol. The Morgan fingerprint density at radius 1 is 1.06 bits per heavy atom. The van der Waals surface area contributed by atoms with E-state index in [1.54, 1.807) is 0 Å². The van der Waals surface area contributed by atoms with E-state index < -0.39 is 0 Å². The number of aryl methyl sites for hydroxylation is 1. The molecule has 0 saturated heterocycles. The summed E-state index contributed by atoms with van der Waals surface area (Å²) in [6.45, 7) is 2.04. The van der Waals surface area contributed by atoms with E-state index in [1.165, 1.54) is 5.56 Å². The third-order valence-electron chi connectivity index (χ3n) is 2.20. The lowest BCUT2D eigenvalue weighted by Crippen LogP contribution is -1.88. The SMILES string of the molecule is Cc1ccc(Oc2ccc(N)cc2Br)cc1. The van der Waals surface area contributed by atoms with E-state index >= 15 is 0 Å². The Kier molecular flexibility index (Phi) is 3.15. The lowest BCUT2D eigenvalue weighted by Gasteiger charge is -2.08. The van der Waals surface area contributed by atoms with Crippen LogP contribution in [0.3, 0.4) is 0 Å². The van der Waals surface area contributed by atoms with E-state index in [1.807, 2.05) is 49.4 Å². The van der Waals surface area contributed by atoms with Crippen molar-refractivity contribution in [3.8, 4) is 11.5 Å². The Morgan fingerprint density at radius 3 is 2.38 bits per heavy atom. The fourth-order valence-electron chi connectivity index (χ4n) is 1.33. The highest BCUT2D eigenvalue weighted by molar-refractivity contribution is 9.10. The van der Waals surface area contributed by atoms with Gasteiger partial charge in [-0.1, -0.05) is 17.7 Å². The van der Waals surface area contributed by atoms with Gasteiger partial charge in [0.05, 0.1) is 4.47 Å². The summed E-state index contributed by atoms with van der Waals surface area (Å²) in [5.74, 6) is 1.58. The minimum Gasteiger partial charge on any atom is -0.456 e. The second kappa shape index (κ2) is 4.58. The summed E-state index contributed by atoms with van der Waals surface area (Å²) < 4.78 is 6.57. The zero-order valence-corrected chi connectivity index (χ0v) is 10.5. The average Bonchev–Trinajstić information content (AvgIpc) is 2.25. The van der Waals surface area contributed by atoms with Crippen LogP contribution in [0, 0.1) is 6.92 Å². The summed E-state index contributed by atoms with van der Waals surface area (Å²) in [6, 6.07) is 13.4. The minimum absolute atomic E-state index is 0.711. The first-order valence-electron chi connectivity index (χ1n) is 4.95. The van der Waals surface area contributed by atoms with Crippen molar-refractivity contribution < 1.29 is 4.74 Å². The Bertz CT molecular complexity index is 494. The van der Waals surface area contributed by atoms with Gasteiger partial charge >= 0.3 is 0 Å². The van der Waals surface area contributed by atoms with Gasteiger partial charge in [-0.25, -0.2) is 0 Å². The fourth-order valence-corrected chi connectivity index (χ4v) is 1.81. The van der Waals surface area contributed by atoms with Crippen LogP contribution >= 0.6 is 15.9 Å². The van der Waals surface area contributed by atoms with Crippen LogP contribution in [-0.4, -0.2) is 0 Å². The van der Waals surface area contributed by atoms with Crippen molar-refractivity contribution in [2.24, 2.45) is 0 Å². The van der Waals surface area contributed by atoms with Gasteiger partial charge in [0.25, 0.3) is 0 Å². The molecule has 0 atom stereocenters. The quantitative estimate of drug-likeness (QED) is 0.838. The van der Waals surface area contributed by atoms with E-state index in [4.69, 9.17) is 10.5 Å². The summed E-state index contributed by atoms with van der Waals surface area (Å²) in [7, 11) is 0. The van der Waals surface area contributed by atoms with Crippen molar-refractivity contribution in [3.05, 3.63) is 52.5 Å². The van der Waals surface area contributed by atoms with Crippen LogP contribution in [0.4, 0.5) is 5.69 Å². The fraction of sp³-hybridized carbons (Fsp3) is 0.0769. The van der Waals surface area contributed by atoms with Crippen molar-refractivity contribution in [1.82, 2.24) is 0 Å². The van der Waals surface area contributed by atoms with Crippen LogP contribution in [0.5, 0.6) is 11.5 Å². The van der Waals surface area contributed by atoms with Crippen LogP contribution in [0.1, 0.15) is 5.56 Å². The normalized spacial score (nSPS) is 10.1. The first-order valence-corrected chi connectivity index (χ1v) is 5.74. The zero-order valence-electron chi connectivity index (χ0n) is 8.91. The molecule has 0 unspecified atom stereocenters. The number of hydrogen-bond donors (Lipinski definition) is 1. The number of anilines is 1. The summed E-state index contributed by atoms with van der Waals surface area (Å²) >= 11 is 3.41. The van der Waals surface area contributed by atoms with Gasteiger partial charge < -0.3 is 10.5 Å². The summed E-state index contributed by atoms with van der Waals surface area (Å²) in [5.41, 5.74) is 7.58. The molecule has 2 rings (SSSR count). The summed E-state index contributed by atoms with van der Waals surface area (Å²) in [6.07, 6.45) is 0. The van der Waals surface area contributed by atoms with Gasteiger partial charge in [0, 0.05) is 5.69 Å². The van der Waals surface area contributed by atoms with Crippen molar-refractivity contribution in [3.63, 3.8) is 0 Å². The highest BCUT2D eigenvalue weighted by Crippen LogP contribution is 2.31. The average molecular weight is 278 g/mol. The summed E-state index contributed by atoms with van der Waals surface area (Å²) in [5, 5.41) is 0. The second-order valence-electron chi connectivity index (χ2n) is 3.60. The highest BCUT2D eigenvalue weighted by atomic mass is 79.9. The molecule has 16 heavy (non-hydrogen) atoms. The number of nitrogen functional groups attached to an aromatic ring is 1. The molecule has 0 spiro atoms. The molecule has 0 fully saturated rings. The molecule has 0 saturated carbocycles. The zero-order chi connectivity index (χ0) is 11.5. The van der Waals surface area contributed by atoms with Gasteiger partial charge in [-0.2, -0.15) is 0 Å². The maximum Gasteiger partial charge on any atom is 0.141 e. The molecule has 2 aromatic rings. The largest absolute Gasteiger partial charge is 0.456 e. The standard InChI is InChI=1S/C13H12BrNO/c1-9-2-5-11(6-3-9)16-13-7-4-10(15)8-12(13)14/h2-8H,15H2,1H3. The highest BCUT2D eigenvalue weighted by Gasteiger charge is 2.02.